The van der Waals surface area contributed by atoms with Gasteiger partial charge in [-0.2, -0.15) is 5.06 Å². The summed E-state index contributed by atoms with van der Waals surface area (Å²) < 4.78 is 28.0. The zero-order valence-electron chi connectivity index (χ0n) is 25.8. The predicted octanol–water partition coefficient (Wildman–Crippen LogP) is 1.81. The van der Waals surface area contributed by atoms with Crippen LogP contribution >= 0.6 is 0 Å². The van der Waals surface area contributed by atoms with Gasteiger partial charge in [0.05, 0.1) is 28.8 Å². The van der Waals surface area contributed by atoms with E-state index in [0.717, 1.165) is 18.5 Å². The number of anilines is 2. The molecule has 2 aromatic carbocycles. The van der Waals surface area contributed by atoms with E-state index in [4.69, 9.17) is 5.11 Å². The molecule has 13 heteroatoms. The highest BCUT2D eigenvalue weighted by atomic mass is 32.2. The quantitative estimate of drug-likeness (QED) is 0.160. The van der Waals surface area contributed by atoms with Crippen molar-refractivity contribution in [1.29, 1.82) is 0 Å². The van der Waals surface area contributed by atoms with Gasteiger partial charge in [-0.15, -0.1) is 0 Å². The molecule has 1 aliphatic heterocycles. The van der Waals surface area contributed by atoms with Crippen LogP contribution in [0.2, 0.25) is 0 Å². The molecule has 0 saturated carbocycles. The molecule has 2 aromatic rings. The van der Waals surface area contributed by atoms with E-state index in [0.29, 0.717) is 36.8 Å². The maximum Gasteiger partial charge on any atom is 0.256 e. The fourth-order valence-electron chi connectivity index (χ4n) is 5.73. The number of carbonyl (C=O) groups excluding carboxylic acids is 1. The molecule has 0 spiro atoms. The van der Waals surface area contributed by atoms with Gasteiger partial charge in [0.15, 0.2) is 15.9 Å². The van der Waals surface area contributed by atoms with Gasteiger partial charge in [-0.3, -0.25) is 4.79 Å². The Hall–Kier alpha value is -2.62. The third-order valence-corrected chi connectivity index (χ3v) is 10.3. The zero-order valence-corrected chi connectivity index (χ0v) is 26.6. The topological polar surface area (TPSA) is 191 Å². The first kappa shape index (κ1) is 35.9. The maximum atomic E-state index is 14.0. The summed E-state index contributed by atoms with van der Waals surface area (Å²) in [6.45, 7) is 3.13. The molecule has 0 aliphatic carbocycles. The number of aliphatic hydroxyl groups excluding tert-OH is 5. The van der Waals surface area contributed by atoms with Crippen molar-refractivity contribution in [2.24, 2.45) is 0 Å². The number of unbranched alkanes of at least 4 members (excludes halogenated alkanes) is 2. The van der Waals surface area contributed by atoms with E-state index >= 15 is 0 Å². The summed E-state index contributed by atoms with van der Waals surface area (Å²) in [5, 5.41) is 64.8. The minimum atomic E-state index is -3.84. The SMILES string of the molecule is CCCCC1(CCCC)CS(=O)(=O)c2ccc(N(C)C)cc2[C@@H](c2cccc(NC(=O)[C@H](O)[C@@H](O)[C@H](O)[C@H](O)CO)c2)N1O. The first-order chi connectivity index (χ1) is 20.7. The minimum Gasteiger partial charge on any atom is -0.394 e. The molecular formula is C31H47N3O9S. The molecule has 0 aromatic heterocycles. The molecule has 1 amide bonds. The molecule has 12 nitrogen and oxygen atoms in total. The van der Waals surface area contributed by atoms with Crippen molar-refractivity contribution in [2.45, 2.75) is 93.3 Å². The van der Waals surface area contributed by atoms with E-state index < -0.39 is 58.3 Å². The molecule has 0 radical (unpaired) electrons. The Bertz CT molecular complexity index is 1360. The van der Waals surface area contributed by atoms with Crippen LogP contribution in [0.1, 0.15) is 69.5 Å². The van der Waals surface area contributed by atoms with Gasteiger partial charge in [0, 0.05) is 25.5 Å². The molecule has 0 fully saturated rings. The van der Waals surface area contributed by atoms with Crippen molar-refractivity contribution in [3.05, 3.63) is 53.6 Å². The number of hydrogen-bond donors (Lipinski definition) is 7. The molecule has 44 heavy (non-hydrogen) atoms. The van der Waals surface area contributed by atoms with Gasteiger partial charge in [0.25, 0.3) is 5.91 Å². The third-order valence-electron chi connectivity index (χ3n) is 8.31. The van der Waals surface area contributed by atoms with Gasteiger partial charge in [-0.25, -0.2) is 8.42 Å². The standard InChI is InChI=1S/C31H47N3O9S/c1-5-7-14-31(15-8-6-2)19-44(42,43)25-13-12-22(33(3)4)17-23(25)26(34(31)41)20-10-9-11-21(16-20)32-30(40)29(39)28(38)27(37)24(36)18-35/h9-13,16-17,24,26-29,35-39,41H,5-8,14-15,18-19H2,1-4H3,(H,32,40)/t24-,26-,27-,28+,29-/m1/s1. The lowest BCUT2D eigenvalue weighted by Crippen LogP contribution is -2.52. The van der Waals surface area contributed by atoms with Crippen LogP contribution in [-0.4, -0.2) is 107 Å². The van der Waals surface area contributed by atoms with E-state index in [2.05, 4.69) is 5.32 Å². The summed E-state index contributed by atoms with van der Waals surface area (Å²) in [6.07, 6.45) is -4.06. The Morgan fingerprint density at radius 1 is 1.02 bits per heavy atom. The summed E-state index contributed by atoms with van der Waals surface area (Å²) in [5.41, 5.74) is 0.679. The molecule has 1 aliphatic rings. The van der Waals surface area contributed by atoms with Gasteiger partial charge in [-0.05, 0) is 54.3 Å². The van der Waals surface area contributed by atoms with Crippen molar-refractivity contribution in [3.8, 4) is 0 Å². The second kappa shape index (κ2) is 15.1. The van der Waals surface area contributed by atoms with Crippen molar-refractivity contribution in [3.63, 3.8) is 0 Å². The van der Waals surface area contributed by atoms with Crippen LogP contribution in [-0.2, 0) is 14.6 Å². The van der Waals surface area contributed by atoms with E-state index in [9.17, 15) is 38.8 Å². The number of hydroxylamine groups is 2. The van der Waals surface area contributed by atoms with E-state index in [1.807, 2.05) is 32.8 Å². The highest BCUT2D eigenvalue weighted by Crippen LogP contribution is 2.46. The number of sulfone groups is 1. The number of rotatable bonds is 14. The monoisotopic (exact) mass is 637 g/mol. The number of aliphatic hydroxyl groups is 5. The van der Waals surface area contributed by atoms with Crippen LogP contribution in [0.4, 0.5) is 11.4 Å². The number of nitrogens with one attached hydrogen (secondary N) is 1. The largest absolute Gasteiger partial charge is 0.394 e. The maximum absolute atomic E-state index is 14.0. The van der Waals surface area contributed by atoms with Crippen LogP contribution in [0.3, 0.4) is 0 Å². The van der Waals surface area contributed by atoms with E-state index in [1.165, 1.54) is 11.1 Å². The van der Waals surface area contributed by atoms with Crippen LogP contribution in [0.5, 0.6) is 0 Å². The van der Waals surface area contributed by atoms with Crippen molar-refractivity contribution in [1.82, 2.24) is 5.06 Å². The Kier molecular flexibility index (Phi) is 12.3. The van der Waals surface area contributed by atoms with Crippen LogP contribution < -0.4 is 10.2 Å². The fraction of sp³-hybridized carbons (Fsp3) is 0.581. The average Bonchev–Trinajstić information content (AvgIpc) is 3.07. The first-order valence-electron chi connectivity index (χ1n) is 15.0. The summed E-state index contributed by atoms with van der Waals surface area (Å²) in [4.78, 5) is 14.8. The van der Waals surface area contributed by atoms with Gasteiger partial charge < -0.3 is 41.0 Å². The van der Waals surface area contributed by atoms with Gasteiger partial charge in [0.2, 0.25) is 0 Å². The molecule has 246 valence electrons. The molecule has 3 rings (SSSR count). The summed E-state index contributed by atoms with van der Waals surface area (Å²) in [5.74, 6) is -1.34. The number of carbonyl (C=O) groups is 1. The Labute approximate surface area is 259 Å². The smallest absolute Gasteiger partial charge is 0.256 e. The van der Waals surface area contributed by atoms with Crippen molar-refractivity contribution in [2.75, 3.05) is 36.7 Å². The van der Waals surface area contributed by atoms with E-state index in [-0.39, 0.29) is 16.3 Å². The second-order valence-corrected chi connectivity index (χ2v) is 13.8. The normalized spacial score (nSPS) is 20.5. The summed E-state index contributed by atoms with van der Waals surface area (Å²) in [6, 6.07) is 10.5. The predicted molar refractivity (Wildman–Crippen MR) is 166 cm³/mol. The lowest BCUT2D eigenvalue weighted by molar-refractivity contribution is -0.194. The number of amides is 1. The average molecular weight is 638 g/mol. The van der Waals surface area contributed by atoms with Gasteiger partial charge in [0.1, 0.15) is 18.3 Å². The van der Waals surface area contributed by atoms with Gasteiger partial charge in [-0.1, -0.05) is 51.7 Å². The van der Waals surface area contributed by atoms with Crippen molar-refractivity contribution >= 4 is 27.1 Å². The first-order valence-corrected chi connectivity index (χ1v) is 16.6. The molecule has 0 saturated heterocycles. The highest BCUT2D eigenvalue weighted by Gasteiger charge is 2.48. The van der Waals surface area contributed by atoms with Crippen LogP contribution in [0.15, 0.2) is 47.4 Å². The number of fused-ring (bicyclic) bond motifs is 1. The second-order valence-electron chi connectivity index (χ2n) is 11.8. The molecule has 0 bridgehead atoms. The number of hydrogen-bond acceptors (Lipinski definition) is 11. The fourth-order valence-corrected chi connectivity index (χ4v) is 7.81. The Balaban J connectivity index is 2.14. The van der Waals surface area contributed by atoms with Crippen molar-refractivity contribution < 1.29 is 44.0 Å². The molecule has 0 unspecified atom stereocenters. The molecule has 5 atom stereocenters. The summed E-state index contributed by atoms with van der Waals surface area (Å²) >= 11 is 0. The Morgan fingerprint density at radius 3 is 2.23 bits per heavy atom. The number of benzene rings is 2. The minimum absolute atomic E-state index is 0.117. The molecule has 1 heterocycles. The highest BCUT2D eigenvalue weighted by molar-refractivity contribution is 7.91. The molecule has 7 N–H and O–H groups in total. The lowest BCUT2D eigenvalue weighted by atomic mass is 9.85. The van der Waals surface area contributed by atoms with Gasteiger partial charge >= 0.3 is 0 Å². The third kappa shape index (κ3) is 7.77. The van der Waals surface area contributed by atoms with E-state index in [1.54, 1.807) is 36.4 Å². The van der Waals surface area contributed by atoms with Crippen LogP contribution in [0, 0.1) is 0 Å². The molecular weight excluding hydrogens is 590 g/mol. The lowest BCUT2D eigenvalue weighted by Gasteiger charge is -2.42. The zero-order chi connectivity index (χ0) is 32.8. The summed E-state index contributed by atoms with van der Waals surface area (Å²) in [7, 11) is -0.181. The Morgan fingerprint density at radius 2 is 1.66 bits per heavy atom. The van der Waals surface area contributed by atoms with Crippen LogP contribution in [0.25, 0.3) is 0 Å². The number of nitrogens with zero attached hydrogens (tertiary/aromatic N) is 2.